The number of sulfonamides is 1. The van der Waals surface area contributed by atoms with E-state index >= 15 is 4.39 Å². The minimum absolute atomic E-state index is 0.0912. The van der Waals surface area contributed by atoms with Crippen molar-refractivity contribution in [3.05, 3.63) is 40.8 Å². The largest absolute Gasteiger partial charge is 0.490 e. The molecule has 1 aliphatic carbocycles. The molecule has 4 heterocycles. The smallest absolute Gasteiger partial charge is 0.329 e. The zero-order valence-electron chi connectivity index (χ0n) is 23.7. The van der Waals surface area contributed by atoms with Crippen molar-refractivity contribution in [1.29, 1.82) is 0 Å². The number of pyridine rings is 2. The van der Waals surface area contributed by atoms with E-state index in [0.29, 0.717) is 53.4 Å². The molecule has 2 aliphatic rings. The number of nitrogens with zero attached hydrogens (tertiary/aromatic N) is 5. The number of hydrogen-bond donors (Lipinski definition) is 1. The predicted molar refractivity (Wildman–Crippen MR) is 155 cm³/mol. The van der Waals surface area contributed by atoms with Crippen LogP contribution in [0.1, 0.15) is 33.1 Å². The Hall–Kier alpha value is -3.71. The second-order valence-corrected chi connectivity index (χ2v) is 13.6. The number of imidazole rings is 1. The summed E-state index contributed by atoms with van der Waals surface area (Å²) in [7, 11) is 1.92. The fraction of sp³-hybridized carbons (Fsp3) is 0.464. The van der Waals surface area contributed by atoms with Gasteiger partial charge in [0.2, 0.25) is 15.9 Å². The van der Waals surface area contributed by atoms with Gasteiger partial charge in [0.25, 0.3) is 0 Å². The number of halogens is 1. The maximum Gasteiger partial charge on any atom is 0.329 e. The number of rotatable bonds is 9. The molecule has 0 bridgehead atoms. The van der Waals surface area contributed by atoms with Gasteiger partial charge >= 0.3 is 5.69 Å². The van der Waals surface area contributed by atoms with Gasteiger partial charge in [-0.15, -0.1) is 0 Å². The van der Waals surface area contributed by atoms with Crippen LogP contribution in [0.2, 0.25) is 0 Å². The van der Waals surface area contributed by atoms with Gasteiger partial charge in [-0.05, 0) is 53.3 Å². The third-order valence-corrected chi connectivity index (χ3v) is 9.45. The van der Waals surface area contributed by atoms with Crippen molar-refractivity contribution in [2.75, 3.05) is 38.6 Å². The van der Waals surface area contributed by atoms with Gasteiger partial charge in [-0.3, -0.25) is 18.8 Å². The molecule has 0 amide bonds. The SMILES string of the molecule is CN(C)CCCOc1ncc(-c2c(F)cc3ncc4c5c3c2OCC(C)(C)n5c(=O)n4C)cc1NS(=O)(=O)C1CC1. The Morgan fingerprint density at radius 1 is 1.22 bits per heavy atom. The van der Waals surface area contributed by atoms with Crippen LogP contribution in [0.3, 0.4) is 0 Å². The Morgan fingerprint density at radius 3 is 2.68 bits per heavy atom. The van der Waals surface area contributed by atoms with E-state index in [1.807, 2.05) is 32.8 Å². The molecule has 218 valence electrons. The standard InChI is InChI=1S/C28H33FN6O5S/c1-28(2)15-40-25-22(18(29)12-19-23(25)24-21(14-30-19)34(5)27(36)35(24)28)16-11-20(32-41(37,38)17-7-8-17)26(31-13-16)39-10-6-9-33(3)4/h11-14,17,32H,6-10,15H2,1-5H3. The fourth-order valence-electron chi connectivity index (χ4n) is 5.32. The third-order valence-electron chi connectivity index (χ3n) is 7.60. The molecular formula is C28H33FN6O5S. The number of benzene rings is 1. The van der Waals surface area contributed by atoms with Crippen LogP contribution in [-0.4, -0.2) is 71.5 Å². The lowest BCUT2D eigenvalue weighted by Crippen LogP contribution is -2.40. The molecule has 1 saturated carbocycles. The minimum atomic E-state index is -3.66. The summed E-state index contributed by atoms with van der Waals surface area (Å²) in [4.78, 5) is 24.2. The van der Waals surface area contributed by atoms with Gasteiger partial charge in [-0.2, -0.15) is 0 Å². The first-order chi connectivity index (χ1) is 19.4. The average Bonchev–Trinajstić information content (AvgIpc) is 3.73. The van der Waals surface area contributed by atoms with Crippen molar-refractivity contribution < 1.29 is 22.3 Å². The van der Waals surface area contributed by atoms with Gasteiger partial charge < -0.3 is 14.4 Å². The van der Waals surface area contributed by atoms with Crippen LogP contribution >= 0.6 is 0 Å². The summed E-state index contributed by atoms with van der Waals surface area (Å²) in [5.41, 5.74) is 1.10. The normalized spacial score (nSPS) is 16.4. The quantitative estimate of drug-likeness (QED) is 0.297. The molecule has 1 N–H and O–H groups in total. The Bertz CT molecular complexity index is 1860. The van der Waals surface area contributed by atoms with Crippen molar-refractivity contribution in [3.8, 4) is 22.8 Å². The van der Waals surface area contributed by atoms with E-state index in [-0.39, 0.29) is 35.2 Å². The summed E-state index contributed by atoms with van der Waals surface area (Å²) >= 11 is 0. The van der Waals surface area contributed by atoms with Gasteiger partial charge in [-0.25, -0.2) is 22.6 Å². The van der Waals surface area contributed by atoms with Crippen molar-refractivity contribution >= 4 is 37.6 Å². The van der Waals surface area contributed by atoms with Crippen molar-refractivity contribution in [1.82, 2.24) is 24.0 Å². The zero-order valence-corrected chi connectivity index (χ0v) is 24.5. The molecule has 1 fully saturated rings. The highest BCUT2D eigenvalue weighted by Gasteiger charge is 2.37. The summed E-state index contributed by atoms with van der Waals surface area (Å²) < 4.78 is 59.7. The lowest BCUT2D eigenvalue weighted by molar-refractivity contribution is 0.189. The Labute approximate surface area is 236 Å². The lowest BCUT2D eigenvalue weighted by Gasteiger charge is -2.24. The van der Waals surface area contributed by atoms with E-state index in [4.69, 9.17) is 9.47 Å². The Kier molecular flexibility index (Phi) is 6.49. The summed E-state index contributed by atoms with van der Waals surface area (Å²) in [5, 5.41) is 0.0286. The van der Waals surface area contributed by atoms with Crippen LogP contribution in [0.4, 0.5) is 10.1 Å². The highest BCUT2D eigenvalue weighted by Crippen LogP contribution is 2.45. The van der Waals surface area contributed by atoms with Crippen LogP contribution in [-0.2, 0) is 22.6 Å². The van der Waals surface area contributed by atoms with Crippen molar-refractivity contribution in [3.63, 3.8) is 0 Å². The molecule has 13 heteroatoms. The number of hydrogen-bond acceptors (Lipinski definition) is 8. The van der Waals surface area contributed by atoms with Crippen LogP contribution in [0.15, 0.2) is 29.3 Å². The fourth-order valence-corrected chi connectivity index (χ4v) is 6.69. The Morgan fingerprint density at radius 2 is 1.98 bits per heavy atom. The average molecular weight is 585 g/mol. The molecule has 1 aliphatic heterocycles. The molecule has 3 aromatic heterocycles. The lowest BCUT2D eigenvalue weighted by atomic mass is 10.0. The van der Waals surface area contributed by atoms with Crippen molar-refractivity contribution in [2.24, 2.45) is 7.05 Å². The summed E-state index contributed by atoms with van der Waals surface area (Å²) in [6.07, 6.45) is 4.88. The molecule has 41 heavy (non-hydrogen) atoms. The minimum Gasteiger partial charge on any atom is -0.490 e. The molecular weight excluding hydrogens is 551 g/mol. The second-order valence-electron chi connectivity index (χ2n) is 11.7. The number of aryl methyl sites for hydroxylation is 1. The van der Waals surface area contributed by atoms with E-state index in [0.717, 1.165) is 6.54 Å². The van der Waals surface area contributed by atoms with E-state index < -0.39 is 26.6 Å². The van der Waals surface area contributed by atoms with Crippen LogP contribution in [0.25, 0.3) is 33.1 Å². The van der Waals surface area contributed by atoms with Crippen LogP contribution in [0, 0.1) is 5.82 Å². The van der Waals surface area contributed by atoms with Crippen molar-refractivity contribution in [2.45, 2.75) is 43.9 Å². The number of nitrogens with one attached hydrogen (secondary N) is 1. The molecule has 0 atom stereocenters. The van der Waals surface area contributed by atoms with E-state index in [9.17, 15) is 13.2 Å². The van der Waals surface area contributed by atoms with E-state index in [1.54, 1.807) is 17.8 Å². The van der Waals surface area contributed by atoms with Crippen LogP contribution in [0.5, 0.6) is 11.6 Å². The monoisotopic (exact) mass is 584 g/mol. The molecule has 0 unspecified atom stereocenters. The second kappa shape index (κ2) is 9.69. The molecule has 1 aromatic carbocycles. The molecule has 6 rings (SSSR count). The first-order valence-electron chi connectivity index (χ1n) is 13.5. The third kappa shape index (κ3) is 4.70. The Balaban J connectivity index is 1.53. The number of aromatic nitrogens is 4. The van der Waals surface area contributed by atoms with Gasteiger partial charge in [0, 0.05) is 31.4 Å². The predicted octanol–water partition coefficient (Wildman–Crippen LogP) is 3.45. The summed E-state index contributed by atoms with van der Waals surface area (Å²) in [6, 6.07) is 2.83. The molecule has 11 nitrogen and oxygen atoms in total. The number of anilines is 1. The van der Waals surface area contributed by atoms with Gasteiger partial charge in [0.15, 0.2) is 0 Å². The number of ether oxygens (including phenoxy) is 2. The molecule has 0 spiro atoms. The van der Waals surface area contributed by atoms with Gasteiger partial charge in [0.05, 0.1) is 51.1 Å². The summed E-state index contributed by atoms with van der Waals surface area (Å²) in [5.74, 6) is -0.270. The topological polar surface area (TPSA) is 121 Å². The van der Waals surface area contributed by atoms with Gasteiger partial charge in [-0.1, -0.05) is 0 Å². The highest BCUT2D eigenvalue weighted by atomic mass is 32.2. The first kappa shape index (κ1) is 27.5. The molecule has 4 aromatic rings. The molecule has 0 radical (unpaired) electrons. The van der Waals surface area contributed by atoms with Gasteiger partial charge in [0.1, 0.15) is 23.9 Å². The maximum atomic E-state index is 15.9. The molecule has 0 saturated heterocycles. The van der Waals surface area contributed by atoms with E-state index in [1.165, 1.54) is 22.9 Å². The van der Waals surface area contributed by atoms with Crippen LogP contribution < -0.4 is 19.9 Å². The van der Waals surface area contributed by atoms with E-state index in [2.05, 4.69) is 14.7 Å². The zero-order chi connectivity index (χ0) is 29.3. The summed E-state index contributed by atoms with van der Waals surface area (Å²) in [6.45, 7) is 4.97. The maximum absolute atomic E-state index is 15.9. The highest BCUT2D eigenvalue weighted by molar-refractivity contribution is 7.93. The first-order valence-corrected chi connectivity index (χ1v) is 15.1.